The van der Waals surface area contributed by atoms with Gasteiger partial charge in [0.25, 0.3) is 5.91 Å². The Kier molecular flexibility index (Phi) is 7.27. The van der Waals surface area contributed by atoms with Crippen molar-refractivity contribution in [2.75, 3.05) is 19.6 Å². The third-order valence-corrected chi connectivity index (χ3v) is 7.26. The maximum Gasteiger partial charge on any atom is 0.251 e. The monoisotopic (exact) mass is 493 g/mol. The number of piperazine rings is 1. The van der Waals surface area contributed by atoms with Gasteiger partial charge >= 0.3 is 0 Å². The molecular weight excluding hydrogens is 470 g/mol. The quantitative estimate of drug-likeness (QED) is 0.618. The number of benzene rings is 2. The smallest absolute Gasteiger partial charge is 0.251 e. The molecule has 0 spiro atoms. The molecule has 2 aromatic rings. The minimum atomic E-state index is -3.84. The number of rotatable bonds is 7. The molecule has 0 saturated carbocycles. The van der Waals surface area contributed by atoms with E-state index in [1.165, 1.54) is 23.8 Å². The van der Waals surface area contributed by atoms with Crippen molar-refractivity contribution in [3.05, 3.63) is 64.1 Å². The highest BCUT2D eigenvalue weighted by molar-refractivity contribution is 9.10. The first-order chi connectivity index (χ1) is 14.3. The molecule has 3 rings (SSSR count). The SMILES string of the molecule is CC(CCc1ccc(Br)cc1)NC(=O)c1cccc(S(=O)(=O)N2CCNC(=O)C2)c1. The van der Waals surface area contributed by atoms with Crippen LogP contribution in [-0.2, 0) is 21.2 Å². The second kappa shape index (κ2) is 9.72. The molecule has 1 aliphatic rings. The number of sulfonamides is 1. The number of nitrogens with one attached hydrogen (secondary N) is 2. The van der Waals surface area contributed by atoms with Crippen LogP contribution in [0.15, 0.2) is 57.9 Å². The first-order valence-electron chi connectivity index (χ1n) is 9.68. The van der Waals surface area contributed by atoms with Crippen molar-refractivity contribution in [2.24, 2.45) is 0 Å². The van der Waals surface area contributed by atoms with E-state index in [9.17, 15) is 18.0 Å². The van der Waals surface area contributed by atoms with Crippen LogP contribution in [0.5, 0.6) is 0 Å². The summed E-state index contributed by atoms with van der Waals surface area (Å²) >= 11 is 3.41. The first-order valence-corrected chi connectivity index (χ1v) is 11.9. The highest BCUT2D eigenvalue weighted by Gasteiger charge is 2.29. The van der Waals surface area contributed by atoms with E-state index in [-0.39, 0.29) is 47.9 Å². The van der Waals surface area contributed by atoms with E-state index in [0.29, 0.717) is 0 Å². The van der Waals surface area contributed by atoms with E-state index in [0.717, 1.165) is 21.6 Å². The number of nitrogens with zero attached hydrogens (tertiary/aromatic N) is 1. The molecule has 9 heteroatoms. The van der Waals surface area contributed by atoms with Crippen molar-refractivity contribution < 1.29 is 18.0 Å². The number of carbonyl (C=O) groups is 2. The third-order valence-electron chi connectivity index (χ3n) is 4.89. The Hall–Kier alpha value is -2.23. The second-order valence-electron chi connectivity index (χ2n) is 7.26. The lowest BCUT2D eigenvalue weighted by molar-refractivity contribution is -0.122. The molecule has 1 fully saturated rings. The Morgan fingerprint density at radius 3 is 2.67 bits per heavy atom. The fourth-order valence-corrected chi connectivity index (χ4v) is 4.89. The van der Waals surface area contributed by atoms with Crippen LogP contribution >= 0.6 is 15.9 Å². The van der Waals surface area contributed by atoms with Gasteiger partial charge in [-0.2, -0.15) is 4.31 Å². The summed E-state index contributed by atoms with van der Waals surface area (Å²) in [7, 11) is -3.84. The molecule has 1 heterocycles. The van der Waals surface area contributed by atoms with E-state index in [2.05, 4.69) is 26.6 Å². The topological polar surface area (TPSA) is 95.6 Å². The van der Waals surface area contributed by atoms with Crippen LogP contribution in [0, 0.1) is 0 Å². The standard InChI is InChI=1S/C21H24BrN3O4S/c1-15(5-6-16-7-9-18(22)10-8-16)24-21(27)17-3-2-4-19(13-17)30(28,29)25-12-11-23-20(26)14-25/h2-4,7-10,13,15H,5-6,11-12,14H2,1H3,(H,23,26)(H,24,27). The summed E-state index contributed by atoms with van der Waals surface area (Å²) in [5, 5.41) is 5.52. The average Bonchev–Trinajstić information content (AvgIpc) is 2.73. The Balaban J connectivity index is 1.63. The van der Waals surface area contributed by atoms with Gasteiger partial charge < -0.3 is 10.6 Å². The van der Waals surface area contributed by atoms with E-state index in [4.69, 9.17) is 0 Å². The molecule has 2 amide bonds. The molecule has 1 aliphatic heterocycles. The van der Waals surface area contributed by atoms with Crippen molar-refractivity contribution in [3.8, 4) is 0 Å². The van der Waals surface area contributed by atoms with Gasteiger partial charge in [-0.3, -0.25) is 9.59 Å². The molecule has 30 heavy (non-hydrogen) atoms. The highest BCUT2D eigenvalue weighted by atomic mass is 79.9. The number of carbonyl (C=O) groups excluding carboxylic acids is 2. The van der Waals surface area contributed by atoms with Crippen LogP contribution in [-0.4, -0.2) is 50.2 Å². The predicted octanol–water partition coefficient (Wildman–Crippen LogP) is 2.32. The van der Waals surface area contributed by atoms with Gasteiger partial charge in [-0.15, -0.1) is 0 Å². The number of hydrogen-bond acceptors (Lipinski definition) is 4. The fraction of sp³-hybridized carbons (Fsp3) is 0.333. The van der Waals surface area contributed by atoms with Crippen molar-refractivity contribution in [2.45, 2.75) is 30.7 Å². The molecule has 2 N–H and O–H groups in total. The van der Waals surface area contributed by atoms with Crippen molar-refractivity contribution >= 4 is 37.8 Å². The number of amides is 2. The second-order valence-corrected chi connectivity index (χ2v) is 10.1. The maximum absolute atomic E-state index is 12.8. The van der Waals surface area contributed by atoms with Crippen LogP contribution < -0.4 is 10.6 Å². The Morgan fingerprint density at radius 2 is 1.97 bits per heavy atom. The summed E-state index contributed by atoms with van der Waals surface area (Å²) in [6.07, 6.45) is 1.58. The number of halogens is 1. The van der Waals surface area contributed by atoms with Crippen molar-refractivity contribution in [1.29, 1.82) is 0 Å². The van der Waals surface area contributed by atoms with Crippen LogP contribution in [0.1, 0.15) is 29.3 Å². The summed E-state index contributed by atoms with van der Waals surface area (Å²) in [5.41, 5.74) is 1.45. The normalized spacial score (nSPS) is 16.0. The minimum absolute atomic E-state index is 0.00682. The van der Waals surface area contributed by atoms with Crippen LogP contribution in [0.3, 0.4) is 0 Å². The molecule has 0 bridgehead atoms. The van der Waals surface area contributed by atoms with E-state index in [1.807, 2.05) is 31.2 Å². The maximum atomic E-state index is 12.8. The lowest BCUT2D eigenvalue weighted by atomic mass is 10.1. The molecule has 0 aromatic heterocycles. The zero-order valence-corrected chi connectivity index (χ0v) is 19.0. The van der Waals surface area contributed by atoms with Gasteiger partial charge in [-0.25, -0.2) is 8.42 Å². The van der Waals surface area contributed by atoms with E-state index >= 15 is 0 Å². The molecule has 0 radical (unpaired) electrons. The summed E-state index contributed by atoms with van der Waals surface area (Å²) in [6.45, 7) is 2.18. The Bertz CT molecular complexity index is 1020. The lowest BCUT2D eigenvalue weighted by Gasteiger charge is -2.26. The van der Waals surface area contributed by atoms with Crippen molar-refractivity contribution in [1.82, 2.24) is 14.9 Å². The van der Waals surface area contributed by atoms with Gasteiger partial charge in [0.1, 0.15) is 0 Å². The number of hydrogen-bond donors (Lipinski definition) is 2. The molecule has 2 aromatic carbocycles. The fourth-order valence-electron chi connectivity index (χ4n) is 3.18. The molecule has 7 nitrogen and oxygen atoms in total. The highest BCUT2D eigenvalue weighted by Crippen LogP contribution is 2.18. The Morgan fingerprint density at radius 1 is 1.23 bits per heavy atom. The van der Waals surface area contributed by atoms with Gasteiger partial charge in [-0.1, -0.05) is 34.1 Å². The summed E-state index contributed by atoms with van der Waals surface area (Å²) in [6, 6.07) is 13.9. The first kappa shape index (κ1) is 22.5. The summed E-state index contributed by atoms with van der Waals surface area (Å²) in [5.74, 6) is -0.662. The van der Waals surface area contributed by atoms with Gasteiger partial charge in [-0.05, 0) is 55.7 Å². The predicted molar refractivity (Wildman–Crippen MR) is 118 cm³/mol. The van der Waals surface area contributed by atoms with Gasteiger partial charge in [0.05, 0.1) is 11.4 Å². The minimum Gasteiger partial charge on any atom is -0.354 e. The van der Waals surface area contributed by atoms with E-state index in [1.54, 1.807) is 6.07 Å². The third kappa shape index (κ3) is 5.68. The zero-order valence-electron chi connectivity index (χ0n) is 16.6. The largest absolute Gasteiger partial charge is 0.354 e. The van der Waals surface area contributed by atoms with Crippen LogP contribution in [0.4, 0.5) is 0 Å². The van der Waals surface area contributed by atoms with Crippen LogP contribution in [0.2, 0.25) is 0 Å². The van der Waals surface area contributed by atoms with Gasteiger partial charge in [0.2, 0.25) is 15.9 Å². The molecule has 0 aliphatic carbocycles. The van der Waals surface area contributed by atoms with Crippen molar-refractivity contribution in [3.63, 3.8) is 0 Å². The van der Waals surface area contributed by atoms with Gasteiger partial charge in [0.15, 0.2) is 0 Å². The molecular formula is C21H24BrN3O4S. The van der Waals surface area contributed by atoms with E-state index < -0.39 is 10.0 Å². The van der Waals surface area contributed by atoms with Gasteiger partial charge in [0, 0.05) is 29.2 Å². The number of aryl methyl sites for hydroxylation is 1. The average molecular weight is 494 g/mol. The summed E-state index contributed by atoms with van der Waals surface area (Å²) in [4.78, 5) is 24.2. The summed E-state index contributed by atoms with van der Waals surface area (Å²) < 4.78 is 27.8. The van der Waals surface area contributed by atoms with Crippen LogP contribution in [0.25, 0.3) is 0 Å². The zero-order chi connectivity index (χ0) is 21.7. The lowest BCUT2D eigenvalue weighted by Crippen LogP contribution is -2.49. The molecule has 1 unspecified atom stereocenters. The molecule has 1 atom stereocenters. The molecule has 160 valence electrons. The molecule has 1 saturated heterocycles. The Labute approximate surface area is 185 Å².